The standard InChI is InChI=1S/C18H34N2O2P2/c1-5-13-21-23-17(7-3)20(16-12-10-9-11-15(16)19)18(8-4)24-22-14-6-2/h9-12,17-18,23-24H,5-8,13-14,19H2,1-4H3. The minimum atomic E-state index is 0.337. The molecule has 0 aliphatic rings. The van der Waals surface area contributed by atoms with Crippen LogP contribution in [-0.4, -0.2) is 24.8 Å². The summed E-state index contributed by atoms with van der Waals surface area (Å²) in [6, 6.07) is 8.15. The van der Waals surface area contributed by atoms with E-state index in [1.54, 1.807) is 0 Å². The van der Waals surface area contributed by atoms with Gasteiger partial charge in [0.25, 0.3) is 0 Å². The molecule has 0 bridgehead atoms. The van der Waals surface area contributed by atoms with Crippen molar-refractivity contribution in [2.75, 3.05) is 23.8 Å². The van der Waals surface area contributed by atoms with Gasteiger partial charge >= 0.3 is 0 Å². The molecule has 0 saturated carbocycles. The van der Waals surface area contributed by atoms with Gasteiger partial charge < -0.3 is 19.7 Å². The molecule has 0 heterocycles. The molecule has 0 aromatic heterocycles. The summed E-state index contributed by atoms with van der Waals surface area (Å²) in [6.07, 6.45) is 4.17. The molecule has 0 radical (unpaired) electrons. The highest BCUT2D eigenvalue weighted by atomic mass is 31.1. The Morgan fingerprint density at radius 2 is 1.42 bits per heavy atom. The number of benzene rings is 1. The van der Waals surface area contributed by atoms with Gasteiger partial charge in [0.05, 0.1) is 36.2 Å². The van der Waals surface area contributed by atoms with E-state index in [4.69, 9.17) is 14.8 Å². The van der Waals surface area contributed by atoms with Crippen LogP contribution in [0.15, 0.2) is 24.3 Å². The summed E-state index contributed by atoms with van der Waals surface area (Å²) in [5.74, 6) is 0.674. The lowest BCUT2D eigenvalue weighted by Crippen LogP contribution is -2.39. The molecule has 1 rings (SSSR count). The van der Waals surface area contributed by atoms with Crippen molar-refractivity contribution in [3.8, 4) is 0 Å². The Labute approximate surface area is 151 Å². The van der Waals surface area contributed by atoms with E-state index in [9.17, 15) is 0 Å². The van der Waals surface area contributed by atoms with Crippen LogP contribution in [0.25, 0.3) is 0 Å². The summed E-state index contributed by atoms with van der Waals surface area (Å²) in [5, 5.41) is 0. The predicted molar refractivity (Wildman–Crippen MR) is 111 cm³/mol. The van der Waals surface area contributed by atoms with Crippen molar-refractivity contribution in [3.63, 3.8) is 0 Å². The Kier molecular flexibility index (Phi) is 11.6. The quantitative estimate of drug-likeness (QED) is 0.279. The first-order valence-electron chi connectivity index (χ1n) is 9.06. The average Bonchev–Trinajstić information content (AvgIpc) is 2.60. The van der Waals surface area contributed by atoms with Gasteiger partial charge in [0.2, 0.25) is 0 Å². The van der Waals surface area contributed by atoms with Gasteiger partial charge in [-0.05, 0) is 37.8 Å². The zero-order valence-corrected chi connectivity index (χ0v) is 17.5. The smallest absolute Gasteiger partial charge is 0.0712 e. The monoisotopic (exact) mass is 372 g/mol. The third-order valence-electron chi connectivity index (χ3n) is 3.71. The van der Waals surface area contributed by atoms with E-state index in [0.29, 0.717) is 29.2 Å². The molecule has 2 N–H and O–H groups in total. The van der Waals surface area contributed by atoms with Crippen molar-refractivity contribution in [2.24, 2.45) is 0 Å². The van der Waals surface area contributed by atoms with E-state index in [2.05, 4.69) is 44.7 Å². The maximum atomic E-state index is 6.30. The highest BCUT2D eigenvalue weighted by Gasteiger charge is 2.27. The molecule has 24 heavy (non-hydrogen) atoms. The summed E-state index contributed by atoms with van der Waals surface area (Å²) in [6.45, 7) is 10.4. The molecule has 4 unspecified atom stereocenters. The van der Waals surface area contributed by atoms with Gasteiger partial charge in [0, 0.05) is 17.6 Å². The molecule has 6 heteroatoms. The average molecular weight is 372 g/mol. The summed E-state index contributed by atoms with van der Waals surface area (Å²) >= 11 is 0. The van der Waals surface area contributed by atoms with Crippen LogP contribution in [0.2, 0.25) is 0 Å². The number of rotatable bonds is 13. The molecule has 0 aliphatic heterocycles. The number of anilines is 2. The van der Waals surface area contributed by atoms with Crippen molar-refractivity contribution in [1.29, 1.82) is 0 Å². The van der Waals surface area contributed by atoms with Crippen molar-refractivity contribution in [2.45, 2.75) is 64.9 Å². The number of nitrogen functional groups attached to an aromatic ring is 1. The molecule has 0 aliphatic carbocycles. The highest BCUT2D eigenvalue weighted by Crippen LogP contribution is 2.41. The Hall–Kier alpha value is -0.400. The lowest BCUT2D eigenvalue weighted by molar-refractivity contribution is 0.349. The first kappa shape index (κ1) is 21.6. The molecule has 0 amide bonds. The van der Waals surface area contributed by atoms with Crippen LogP contribution in [0.4, 0.5) is 11.4 Å². The second-order valence-electron chi connectivity index (χ2n) is 5.75. The number of hydrogen-bond donors (Lipinski definition) is 1. The van der Waals surface area contributed by atoms with E-state index in [0.717, 1.165) is 50.3 Å². The van der Waals surface area contributed by atoms with E-state index < -0.39 is 0 Å². The van der Waals surface area contributed by atoms with Crippen molar-refractivity contribution in [3.05, 3.63) is 24.3 Å². The van der Waals surface area contributed by atoms with Crippen LogP contribution < -0.4 is 10.6 Å². The Bertz CT molecular complexity index is 431. The maximum absolute atomic E-state index is 6.30. The lowest BCUT2D eigenvalue weighted by atomic mass is 10.2. The van der Waals surface area contributed by atoms with E-state index >= 15 is 0 Å². The number of nitrogens with zero attached hydrogens (tertiary/aromatic N) is 1. The number of para-hydroxylation sites is 2. The Morgan fingerprint density at radius 3 is 1.83 bits per heavy atom. The van der Waals surface area contributed by atoms with Gasteiger partial charge in [0.15, 0.2) is 0 Å². The molecule has 0 fully saturated rings. The van der Waals surface area contributed by atoms with Crippen molar-refractivity contribution >= 4 is 29.0 Å². The van der Waals surface area contributed by atoms with Gasteiger partial charge in [-0.25, -0.2) is 0 Å². The fourth-order valence-electron chi connectivity index (χ4n) is 2.46. The third-order valence-corrected chi connectivity index (χ3v) is 6.37. The topological polar surface area (TPSA) is 47.7 Å². The minimum absolute atomic E-state index is 0.337. The molecular formula is C18H34N2O2P2. The van der Waals surface area contributed by atoms with Crippen molar-refractivity contribution in [1.82, 2.24) is 0 Å². The van der Waals surface area contributed by atoms with Crippen LogP contribution in [0.1, 0.15) is 53.4 Å². The third kappa shape index (κ3) is 6.84. The summed E-state index contributed by atoms with van der Waals surface area (Å²) < 4.78 is 11.8. The number of nitrogens with two attached hydrogens (primary N) is 1. The fourth-order valence-corrected chi connectivity index (χ4v) is 4.84. The number of hydrogen-bond acceptors (Lipinski definition) is 4. The zero-order chi connectivity index (χ0) is 17.8. The molecule has 1 aromatic rings. The van der Waals surface area contributed by atoms with Gasteiger partial charge in [-0.1, -0.05) is 39.8 Å². The molecule has 4 nitrogen and oxygen atoms in total. The molecule has 1 aromatic carbocycles. The second-order valence-corrected chi connectivity index (χ2v) is 8.13. The summed E-state index contributed by atoms with van der Waals surface area (Å²) in [5.41, 5.74) is 8.24. The van der Waals surface area contributed by atoms with Crippen molar-refractivity contribution < 1.29 is 9.05 Å². The zero-order valence-electron chi connectivity index (χ0n) is 15.5. The Balaban J connectivity index is 3.01. The van der Waals surface area contributed by atoms with Gasteiger partial charge in [-0.2, -0.15) is 0 Å². The molecule has 4 atom stereocenters. The molecule has 0 spiro atoms. The molecule has 138 valence electrons. The first-order valence-corrected chi connectivity index (χ1v) is 11.0. The van der Waals surface area contributed by atoms with Gasteiger partial charge in [0.1, 0.15) is 0 Å². The van der Waals surface area contributed by atoms with E-state index in [-0.39, 0.29) is 0 Å². The highest BCUT2D eigenvalue weighted by molar-refractivity contribution is 7.34. The Morgan fingerprint density at radius 1 is 0.917 bits per heavy atom. The van der Waals surface area contributed by atoms with E-state index in [1.165, 1.54) is 0 Å². The summed E-state index contributed by atoms with van der Waals surface area (Å²) in [7, 11) is 0.906. The van der Waals surface area contributed by atoms with Gasteiger partial charge in [-0.3, -0.25) is 0 Å². The molecular weight excluding hydrogens is 338 g/mol. The predicted octanol–water partition coefficient (Wildman–Crippen LogP) is 5.59. The maximum Gasteiger partial charge on any atom is 0.0712 e. The normalized spacial score (nSPS) is 14.7. The van der Waals surface area contributed by atoms with E-state index in [1.807, 2.05) is 12.1 Å². The largest absolute Gasteiger partial charge is 0.397 e. The SMILES string of the molecule is CCCOPC(CC)N(c1ccccc1N)C(CC)POCCC. The van der Waals surface area contributed by atoms with Gasteiger partial charge in [-0.15, -0.1) is 0 Å². The molecule has 0 saturated heterocycles. The van der Waals surface area contributed by atoms with Crippen LogP contribution in [0, 0.1) is 0 Å². The van der Waals surface area contributed by atoms with Crippen LogP contribution in [0.3, 0.4) is 0 Å². The first-order chi connectivity index (χ1) is 11.7. The minimum Gasteiger partial charge on any atom is -0.397 e. The summed E-state index contributed by atoms with van der Waals surface area (Å²) in [4.78, 5) is 2.46. The van der Waals surface area contributed by atoms with Crippen LogP contribution in [-0.2, 0) is 9.05 Å². The fraction of sp³-hybridized carbons (Fsp3) is 0.667. The second kappa shape index (κ2) is 12.9. The van der Waals surface area contributed by atoms with Crippen LogP contribution in [0.5, 0.6) is 0 Å². The lowest BCUT2D eigenvalue weighted by Gasteiger charge is -2.39. The van der Waals surface area contributed by atoms with Crippen LogP contribution >= 0.6 is 17.6 Å².